The van der Waals surface area contributed by atoms with Gasteiger partial charge in [0.05, 0.1) is 6.54 Å². The fourth-order valence-corrected chi connectivity index (χ4v) is 1.38. The van der Waals surface area contributed by atoms with Crippen LogP contribution in [0.15, 0.2) is 48.5 Å². The van der Waals surface area contributed by atoms with Gasteiger partial charge in [-0.2, -0.15) is 0 Å². The predicted octanol–water partition coefficient (Wildman–Crippen LogP) is 1.08. The van der Waals surface area contributed by atoms with Crippen molar-refractivity contribution in [1.29, 1.82) is 0 Å². The summed E-state index contributed by atoms with van der Waals surface area (Å²) in [5.74, 6) is -0.925. The first-order valence-electron chi connectivity index (χ1n) is 4.30. The Morgan fingerprint density at radius 1 is 1.29 bits per heavy atom. The Bertz CT molecular complexity index is 366. The van der Waals surface area contributed by atoms with Gasteiger partial charge >= 0.3 is 5.97 Å². The predicted molar refractivity (Wildman–Crippen MR) is 51.7 cm³/mol. The van der Waals surface area contributed by atoms with E-state index in [2.05, 4.69) is 0 Å². The number of hydrogen-bond donors (Lipinski definition) is 1. The zero-order valence-corrected chi connectivity index (χ0v) is 7.50. The molecule has 4 nitrogen and oxygen atoms in total. The fourth-order valence-electron chi connectivity index (χ4n) is 1.38. The number of hydrazine groups is 1. The molecule has 0 unspecified atom stereocenters. The Hall–Kier alpha value is -1.97. The third kappa shape index (κ3) is 1.42. The maximum absolute atomic E-state index is 10.9. The van der Waals surface area contributed by atoms with Crippen molar-refractivity contribution in [2.24, 2.45) is 0 Å². The molecule has 2 aliphatic rings. The summed E-state index contributed by atoms with van der Waals surface area (Å²) in [4.78, 5) is 10.9. The van der Waals surface area contributed by atoms with Crippen molar-refractivity contribution in [1.82, 2.24) is 10.0 Å². The molecule has 0 spiro atoms. The Morgan fingerprint density at radius 3 is 2.93 bits per heavy atom. The Kier molecular flexibility index (Phi) is 2.10. The van der Waals surface area contributed by atoms with E-state index in [0.717, 1.165) is 0 Å². The lowest BCUT2D eigenvalue weighted by Crippen LogP contribution is -2.37. The Labute approximate surface area is 81.7 Å². The van der Waals surface area contributed by atoms with Crippen LogP contribution < -0.4 is 0 Å². The quantitative estimate of drug-likeness (QED) is 0.672. The molecule has 0 saturated carbocycles. The van der Waals surface area contributed by atoms with E-state index in [-0.39, 0.29) is 5.70 Å². The highest BCUT2D eigenvalue weighted by atomic mass is 16.4. The molecule has 0 bridgehead atoms. The van der Waals surface area contributed by atoms with Crippen molar-refractivity contribution in [3.63, 3.8) is 0 Å². The molecule has 0 fully saturated rings. The second-order valence-electron chi connectivity index (χ2n) is 2.93. The van der Waals surface area contributed by atoms with Crippen LogP contribution in [0.4, 0.5) is 0 Å². The standard InChI is InChI=1S/C10H10N2O2/c13-10(14)9-5-4-7-11-6-2-1-3-8-12(9)11/h1-5,7-8H,6H2,(H,13,14). The smallest absolute Gasteiger partial charge is 0.354 e. The maximum Gasteiger partial charge on any atom is 0.354 e. The van der Waals surface area contributed by atoms with Crippen LogP contribution in [-0.2, 0) is 4.79 Å². The summed E-state index contributed by atoms with van der Waals surface area (Å²) in [6, 6.07) is 0. The first-order valence-corrected chi connectivity index (χ1v) is 4.30. The van der Waals surface area contributed by atoms with Crippen LogP contribution in [0, 0.1) is 0 Å². The molecule has 1 N–H and O–H groups in total. The summed E-state index contributed by atoms with van der Waals surface area (Å²) >= 11 is 0. The van der Waals surface area contributed by atoms with Crippen LogP contribution >= 0.6 is 0 Å². The summed E-state index contributed by atoms with van der Waals surface area (Å²) in [5.41, 5.74) is 0.257. The lowest BCUT2D eigenvalue weighted by atomic mass is 10.3. The van der Waals surface area contributed by atoms with E-state index in [1.165, 1.54) is 0 Å². The lowest BCUT2D eigenvalue weighted by Gasteiger charge is -2.33. The monoisotopic (exact) mass is 190 g/mol. The highest BCUT2D eigenvalue weighted by Gasteiger charge is 2.20. The number of carboxylic acids is 1. The number of carboxylic acid groups (broad SMARTS) is 1. The van der Waals surface area contributed by atoms with E-state index in [1.807, 2.05) is 29.4 Å². The van der Waals surface area contributed by atoms with Crippen LogP contribution in [0.3, 0.4) is 0 Å². The van der Waals surface area contributed by atoms with Crippen LogP contribution in [0.1, 0.15) is 0 Å². The van der Waals surface area contributed by atoms with E-state index in [1.54, 1.807) is 23.4 Å². The number of nitrogens with zero attached hydrogens (tertiary/aromatic N) is 2. The molecule has 2 heterocycles. The molecule has 0 atom stereocenters. The molecule has 0 aromatic carbocycles. The molecular formula is C10H10N2O2. The highest BCUT2D eigenvalue weighted by Crippen LogP contribution is 2.17. The van der Waals surface area contributed by atoms with Crippen molar-refractivity contribution in [3.8, 4) is 0 Å². The largest absolute Gasteiger partial charge is 0.477 e. The molecule has 14 heavy (non-hydrogen) atoms. The lowest BCUT2D eigenvalue weighted by molar-refractivity contribution is -0.135. The van der Waals surface area contributed by atoms with E-state index in [9.17, 15) is 4.79 Å². The summed E-state index contributed by atoms with van der Waals surface area (Å²) < 4.78 is 0. The van der Waals surface area contributed by atoms with Gasteiger partial charge < -0.3 is 5.11 Å². The van der Waals surface area contributed by atoms with E-state index in [4.69, 9.17) is 5.11 Å². The zero-order chi connectivity index (χ0) is 9.97. The number of aliphatic carboxylic acids is 1. The zero-order valence-electron chi connectivity index (χ0n) is 7.50. The summed E-state index contributed by atoms with van der Waals surface area (Å²) in [5, 5.41) is 12.4. The van der Waals surface area contributed by atoms with Crippen LogP contribution in [0.25, 0.3) is 0 Å². The second-order valence-corrected chi connectivity index (χ2v) is 2.93. The fraction of sp³-hybridized carbons (Fsp3) is 0.100. The molecule has 0 aliphatic carbocycles. The number of hydrogen-bond acceptors (Lipinski definition) is 3. The van der Waals surface area contributed by atoms with Gasteiger partial charge in [0.1, 0.15) is 5.70 Å². The minimum absolute atomic E-state index is 0.257. The SMILES string of the molecule is O=C(O)C1=CC=CN2CC=CC=CN12. The van der Waals surface area contributed by atoms with Crippen LogP contribution in [0.2, 0.25) is 0 Å². The van der Waals surface area contributed by atoms with Gasteiger partial charge in [-0.15, -0.1) is 0 Å². The van der Waals surface area contributed by atoms with Gasteiger partial charge in [0.2, 0.25) is 0 Å². The summed E-state index contributed by atoms with van der Waals surface area (Å²) in [6.07, 6.45) is 12.5. The molecule has 4 heteroatoms. The van der Waals surface area contributed by atoms with Crippen LogP contribution in [-0.4, -0.2) is 27.6 Å². The molecule has 72 valence electrons. The van der Waals surface area contributed by atoms with Gasteiger partial charge in [0, 0.05) is 12.4 Å². The first-order chi connectivity index (χ1) is 6.79. The van der Waals surface area contributed by atoms with Crippen molar-refractivity contribution in [3.05, 3.63) is 48.5 Å². The topological polar surface area (TPSA) is 43.8 Å². The maximum atomic E-state index is 10.9. The number of carbonyl (C=O) groups is 1. The molecule has 2 rings (SSSR count). The molecule has 0 amide bonds. The van der Waals surface area contributed by atoms with Crippen molar-refractivity contribution in [2.75, 3.05) is 6.54 Å². The van der Waals surface area contributed by atoms with E-state index >= 15 is 0 Å². The van der Waals surface area contributed by atoms with Crippen molar-refractivity contribution >= 4 is 5.97 Å². The Balaban J connectivity index is 2.32. The minimum Gasteiger partial charge on any atom is -0.477 e. The molecule has 0 saturated heterocycles. The van der Waals surface area contributed by atoms with Gasteiger partial charge in [-0.1, -0.05) is 12.2 Å². The summed E-state index contributed by atoms with van der Waals surface area (Å²) in [7, 11) is 0. The Morgan fingerprint density at radius 2 is 2.14 bits per heavy atom. The van der Waals surface area contributed by atoms with Crippen LogP contribution in [0.5, 0.6) is 0 Å². The molecular weight excluding hydrogens is 180 g/mol. The molecule has 2 aliphatic heterocycles. The number of allylic oxidation sites excluding steroid dienone is 4. The van der Waals surface area contributed by atoms with E-state index < -0.39 is 5.97 Å². The average Bonchev–Trinajstić information content (AvgIpc) is 2.41. The molecule has 0 aromatic rings. The van der Waals surface area contributed by atoms with E-state index in [0.29, 0.717) is 6.54 Å². The van der Waals surface area contributed by atoms with Crippen molar-refractivity contribution < 1.29 is 9.90 Å². The third-order valence-electron chi connectivity index (χ3n) is 2.02. The minimum atomic E-state index is -0.925. The normalized spacial score (nSPS) is 19.0. The van der Waals surface area contributed by atoms with Gasteiger partial charge in [0.15, 0.2) is 0 Å². The van der Waals surface area contributed by atoms with Gasteiger partial charge in [-0.05, 0) is 18.2 Å². The van der Waals surface area contributed by atoms with Crippen molar-refractivity contribution in [2.45, 2.75) is 0 Å². The molecule has 0 radical (unpaired) electrons. The number of rotatable bonds is 1. The van der Waals surface area contributed by atoms with Gasteiger partial charge in [-0.25, -0.2) is 4.79 Å². The second kappa shape index (κ2) is 3.41. The van der Waals surface area contributed by atoms with Gasteiger partial charge in [0.25, 0.3) is 0 Å². The van der Waals surface area contributed by atoms with Gasteiger partial charge in [-0.3, -0.25) is 10.0 Å². The highest BCUT2D eigenvalue weighted by molar-refractivity contribution is 5.86. The molecule has 0 aromatic heterocycles. The average molecular weight is 190 g/mol. The third-order valence-corrected chi connectivity index (χ3v) is 2.02. The number of fused-ring (bicyclic) bond motifs is 1. The summed E-state index contributed by atoms with van der Waals surface area (Å²) in [6.45, 7) is 0.675. The first kappa shape index (κ1) is 8.62.